The molecule has 1 saturated heterocycles. The van der Waals surface area contributed by atoms with Crippen LogP contribution in [0.3, 0.4) is 0 Å². The van der Waals surface area contributed by atoms with Crippen LogP contribution in [-0.2, 0) is 9.53 Å². The van der Waals surface area contributed by atoms with Crippen molar-refractivity contribution < 1.29 is 19.1 Å². The lowest BCUT2D eigenvalue weighted by atomic mass is 9.75. The highest BCUT2D eigenvalue weighted by atomic mass is 16.6. The Kier molecular flexibility index (Phi) is 7.41. The molecule has 1 amide bonds. The van der Waals surface area contributed by atoms with Gasteiger partial charge in [0, 0.05) is 36.8 Å². The standard InChI is InChI=1S/C31H38N6O4/c1-6-40-23-15-24(27-22(17-32)19-34-37(27)20-23)21-7-8-26(33-18-21)36-13-11-30(5,12-14-36)16-25(38)31(9-10-31)35-28(39)41-29(2,3)4/h7-8,15,18-20H,6,9-14,16H2,1-5H3,(H,35,39). The van der Waals surface area contributed by atoms with Crippen molar-refractivity contribution in [3.05, 3.63) is 42.4 Å². The summed E-state index contributed by atoms with van der Waals surface area (Å²) in [6.07, 6.45) is 8.10. The third kappa shape index (κ3) is 6.14. The number of nitrogens with zero attached hydrogens (tertiary/aromatic N) is 5. The van der Waals surface area contributed by atoms with Gasteiger partial charge in [0.2, 0.25) is 0 Å². The number of carbonyl (C=O) groups excluding carboxylic acids is 2. The van der Waals surface area contributed by atoms with E-state index < -0.39 is 17.2 Å². The summed E-state index contributed by atoms with van der Waals surface area (Å²) in [7, 11) is 0. The van der Waals surface area contributed by atoms with Gasteiger partial charge in [0.1, 0.15) is 28.8 Å². The highest BCUT2D eigenvalue weighted by Gasteiger charge is 2.52. The number of alkyl carbamates (subject to hydrolysis) is 1. The van der Waals surface area contributed by atoms with Crippen molar-refractivity contribution in [2.75, 3.05) is 24.6 Å². The number of aromatic nitrogens is 3. The van der Waals surface area contributed by atoms with Crippen molar-refractivity contribution in [2.24, 2.45) is 5.41 Å². The molecule has 2 aliphatic rings. The van der Waals surface area contributed by atoms with Gasteiger partial charge in [-0.3, -0.25) is 4.79 Å². The topological polar surface area (TPSA) is 122 Å². The van der Waals surface area contributed by atoms with Gasteiger partial charge in [-0.05, 0) is 77.0 Å². The first-order valence-corrected chi connectivity index (χ1v) is 14.2. The number of nitrogens with one attached hydrogen (secondary N) is 1. The number of hydrogen-bond acceptors (Lipinski definition) is 8. The van der Waals surface area contributed by atoms with Crippen LogP contribution in [0.2, 0.25) is 0 Å². The monoisotopic (exact) mass is 558 g/mol. The predicted molar refractivity (Wildman–Crippen MR) is 155 cm³/mol. The van der Waals surface area contributed by atoms with Gasteiger partial charge in [0.15, 0.2) is 5.78 Å². The molecule has 1 aliphatic carbocycles. The zero-order chi connectivity index (χ0) is 29.4. The Bertz CT molecular complexity index is 1490. The van der Waals surface area contributed by atoms with E-state index in [1.807, 2.05) is 52.1 Å². The fourth-order valence-electron chi connectivity index (χ4n) is 5.48. The summed E-state index contributed by atoms with van der Waals surface area (Å²) >= 11 is 0. The van der Waals surface area contributed by atoms with Crippen molar-refractivity contribution in [2.45, 2.75) is 77.9 Å². The van der Waals surface area contributed by atoms with E-state index in [4.69, 9.17) is 14.5 Å². The summed E-state index contributed by atoms with van der Waals surface area (Å²) < 4.78 is 12.8. The molecule has 4 heterocycles. The molecule has 41 heavy (non-hydrogen) atoms. The van der Waals surface area contributed by atoms with E-state index in [-0.39, 0.29) is 11.2 Å². The fraction of sp³-hybridized carbons (Fsp3) is 0.516. The molecule has 3 aromatic heterocycles. The molecule has 0 aromatic carbocycles. The second-order valence-corrected chi connectivity index (χ2v) is 12.5. The Hall–Kier alpha value is -4.13. The molecule has 5 rings (SSSR count). The van der Waals surface area contributed by atoms with E-state index in [1.165, 1.54) is 0 Å². The van der Waals surface area contributed by atoms with E-state index in [9.17, 15) is 14.9 Å². The van der Waals surface area contributed by atoms with Gasteiger partial charge in [-0.1, -0.05) is 6.92 Å². The van der Waals surface area contributed by atoms with Crippen molar-refractivity contribution in [1.82, 2.24) is 19.9 Å². The Morgan fingerprint density at radius 1 is 1.15 bits per heavy atom. The lowest BCUT2D eigenvalue weighted by Crippen LogP contribution is -2.48. The summed E-state index contributed by atoms with van der Waals surface area (Å²) in [5, 5.41) is 16.8. The van der Waals surface area contributed by atoms with Gasteiger partial charge in [-0.25, -0.2) is 14.3 Å². The molecule has 0 bridgehead atoms. The van der Waals surface area contributed by atoms with Crippen LogP contribution in [0.15, 0.2) is 36.8 Å². The van der Waals surface area contributed by atoms with Crippen LogP contribution in [0.5, 0.6) is 5.75 Å². The van der Waals surface area contributed by atoms with Crippen molar-refractivity contribution in [3.8, 4) is 22.9 Å². The molecule has 0 spiro atoms. The number of pyridine rings is 2. The SMILES string of the molecule is CCOc1cc(-c2ccc(N3CCC(C)(CC(=O)C4(NC(=O)OC(C)(C)C)CC4)CC3)nc2)c2c(C#N)cnn2c1. The minimum atomic E-state index is -0.772. The summed E-state index contributed by atoms with van der Waals surface area (Å²) in [4.78, 5) is 32.6. The number of anilines is 1. The third-order valence-corrected chi connectivity index (χ3v) is 7.98. The van der Waals surface area contributed by atoms with Gasteiger partial charge in [0.05, 0.1) is 30.1 Å². The number of fused-ring (bicyclic) bond motifs is 1. The molecule has 3 aromatic rings. The van der Waals surface area contributed by atoms with Crippen LogP contribution in [0.4, 0.5) is 10.6 Å². The molecule has 1 saturated carbocycles. The quantitative estimate of drug-likeness (QED) is 0.396. The van der Waals surface area contributed by atoms with Gasteiger partial charge in [0.25, 0.3) is 0 Å². The normalized spacial score (nSPS) is 17.5. The minimum Gasteiger partial charge on any atom is -0.492 e. The van der Waals surface area contributed by atoms with Gasteiger partial charge < -0.3 is 19.7 Å². The third-order valence-electron chi connectivity index (χ3n) is 7.98. The predicted octanol–water partition coefficient (Wildman–Crippen LogP) is 5.29. The molecule has 10 heteroatoms. The first-order valence-electron chi connectivity index (χ1n) is 14.2. The Balaban J connectivity index is 1.24. The average molecular weight is 559 g/mol. The van der Waals surface area contributed by atoms with E-state index in [0.717, 1.165) is 48.4 Å². The highest BCUT2D eigenvalue weighted by molar-refractivity contribution is 5.95. The van der Waals surface area contributed by atoms with Crippen LogP contribution in [0, 0.1) is 16.7 Å². The Labute approximate surface area is 240 Å². The molecular weight excluding hydrogens is 520 g/mol. The van der Waals surface area contributed by atoms with Crippen LogP contribution in [0.1, 0.15) is 72.3 Å². The number of ether oxygens (including phenoxy) is 2. The second-order valence-electron chi connectivity index (χ2n) is 12.5. The number of hydrogen-bond donors (Lipinski definition) is 1. The Morgan fingerprint density at radius 2 is 1.88 bits per heavy atom. The summed E-state index contributed by atoms with van der Waals surface area (Å²) in [6, 6.07) is 8.16. The smallest absolute Gasteiger partial charge is 0.408 e. The van der Waals surface area contributed by atoms with E-state index in [1.54, 1.807) is 16.9 Å². The molecule has 1 aliphatic heterocycles. The van der Waals surface area contributed by atoms with Crippen LogP contribution in [-0.4, -0.2) is 57.3 Å². The van der Waals surface area contributed by atoms with Gasteiger partial charge in [-0.2, -0.15) is 10.4 Å². The molecule has 216 valence electrons. The largest absolute Gasteiger partial charge is 0.492 e. The zero-order valence-electron chi connectivity index (χ0n) is 24.5. The first-order chi connectivity index (χ1) is 19.4. The van der Waals surface area contributed by atoms with Crippen LogP contribution in [0.25, 0.3) is 16.6 Å². The lowest BCUT2D eigenvalue weighted by Gasteiger charge is -2.40. The van der Waals surface area contributed by atoms with Crippen molar-refractivity contribution >= 4 is 23.2 Å². The van der Waals surface area contributed by atoms with E-state index in [2.05, 4.69) is 28.3 Å². The maximum atomic E-state index is 13.3. The van der Waals surface area contributed by atoms with Crippen molar-refractivity contribution in [3.63, 3.8) is 0 Å². The molecule has 0 atom stereocenters. The number of ketones is 1. The molecular formula is C31H38N6O4. The van der Waals surface area contributed by atoms with E-state index >= 15 is 0 Å². The summed E-state index contributed by atoms with van der Waals surface area (Å²) in [6.45, 7) is 11.6. The number of carbonyl (C=O) groups is 2. The molecule has 10 nitrogen and oxygen atoms in total. The first kappa shape index (κ1) is 28.4. The number of nitriles is 1. The maximum absolute atomic E-state index is 13.3. The van der Waals surface area contributed by atoms with Gasteiger partial charge >= 0.3 is 6.09 Å². The molecule has 0 radical (unpaired) electrons. The van der Waals surface area contributed by atoms with Crippen LogP contribution < -0.4 is 15.0 Å². The van der Waals surface area contributed by atoms with Crippen molar-refractivity contribution in [1.29, 1.82) is 5.26 Å². The lowest BCUT2D eigenvalue weighted by molar-refractivity contribution is -0.124. The maximum Gasteiger partial charge on any atom is 0.408 e. The minimum absolute atomic E-state index is 0.0963. The average Bonchev–Trinajstić information content (AvgIpc) is 3.57. The number of piperidine rings is 1. The second kappa shape index (κ2) is 10.7. The van der Waals surface area contributed by atoms with Gasteiger partial charge in [-0.15, -0.1) is 0 Å². The number of Topliss-reactive ketones (excluding diaryl/α,β-unsaturated/α-hetero) is 1. The van der Waals surface area contributed by atoms with E-state index in [0.29, 0.717) is 37.2 Å². The molecule has 1 N–H and O–H groups in total. The Morgan fingerprint density at radius 3 is 2.46 bits per heavy atom. The molecule has 2 fully saturated rings. The summed E-state index contributed by atoms with van der Waals surface area (Å²) in [5.74, 6) is 1.64. The highest BCUT2D eigenvalue weighted by Crippen LogP contribution is 2.43. The number of amides is 1. The van der Waals surface area contributed by atoms with Crippen LogP contribution >= 0.6 is 0 Å². The zero-order valence-corrected chi connectivity index (χ0v) is 24.5. The number of rotatable bonds is 8. The fourth-order valence-corrected chi connectivity index (χ4v) is 5.48. The summed E-state index contributed by atoms with van der Waals surface area (Å²) in [5.41, 5.74) is 1.41. The molecule has 0 unspecified atom stereocenters.